The molecular formula is C10H15Br2NO. The Morgan fingerprint density at radius 3 is 2.14 bits per heavy atom. The Balaban J connectivity index is 2.02. The van der Waals surface area contributed by atoms with Gasteiger partial charge in [-0.15, -0.1) is 0 Å². The highest BCUT2D eigenvalue weighted by Crippen LogP contribution is 2.67. The van der Waals surface area contributed by atoms with Crippen LogP contribution in [0.25, 0.3) is 0 Å². The average molecular weight is 325 g/mol. The molecule has 1 saturated heterocycles. The van der Waals surface area contributed by atoms with Gasteiger partial charge >= 0.3 is 0 Å². The van der Waals surface area contributed by atoms with Crippen LogP contribution in [0, 0.1) is 5.41 Å². The van der Waals surface area contributed by atoms with Crippen molar-refractivity contribution in [3.05, 3.63) is 0 Å². The maximum atomic E-state index is 12.2. The first-order valence-corrected chi connectivity index (χ1v) is 6.73. The molecule has 1 aliphatic heterocycles. The van der Waals surface area contributed by atoms with Crippen molar-refractivity contribution < 1.29 is 4.79 Å². The minimum absolute atomic E-state index is 0.137. The van der Waals surface area contributed by atoms with Gasteiger partial charge in [-0.3, -0.25) is 4.79 Å². The molecule has 0 spiro atoms. The summed E-state index contributed by atoms with van der Waals surface area (Å²) in [6.07, 6.45) is 4.50. The molecule has 0 radical (unpaired) electrons. The first-order chi connectivity index (χ1) is 6.47. The van der Waals surface area contributed by atoms with Crippen LogP contribution in [0.2, 0.25) is 0 Å². The van der Waals surface area contributed by atoms with Crippen LogP contribution in [0.3, 0.4) is 0 Å². The number of rotatable bonds is 1. The predicted molar refractivity (Wildman–Crippen MR) is 63.7 cm³/mol. The van der Waals surface area contributed by atoms with E-state index < -0.39 is 0 Å². The van der Waals surface area contributed by atoms with E-state index in [1.54, 1.807) is 0 Å². The molecule has 2 aliphatic rings. The third kappa shape index (κ3) is 1.64. The standard InChI is InChI=1S/C10H15Br2NO/c1-9(7-10(9,11)12)8(14)13-5-3-2-4-6-13/h2-7H2,1H3/t9-/m0/s1. The van der Waals surface area contributed by atoms with E-state index in [0.717, 1.165) is 19.5 Å². The first-order valence-electron chi connectivity index (χ1n) is 5.15. The zero-order chi connectivity index (χ0) is 10.4. The number of carbonyl (C=O) groups is 1. The Hall–Kier alpha value is 0.430. The maximum Gasteiger partial charge on any atom is 0.230 e. The molecule has 1 atom stereocenters. The van der Waals surface area contributed by atoms with Gasteiger partial charge in [0.1, 0.15) is 0 Å². The van der Waals surface area contributed by atoms with Crippen molar-refractivity contribution in [2.75, 3.05) is 13.1 Å². The Kier molecular flexibility index (Phi) is 2.71. The van der Waals surface area contributed by atoms with Gasteiger partial charge in [0.2, 0.25) is 5.91 Å². The van der Waals surface area contributed by atoms with E-state index in [2.05, 4.69) is 31.9 Å². The molecule has 0 aromatic rings. The van der Waals surface area contributed by atoms with Gasteiger partial charge in [-0.2, -0.15) is 0 Å². The van der Waals surface area contributed by atoms with E-state index in [-0.39, 0.29) is 8.65 Å². The van der Waals surface area contributed by atoms with Crippen LogP contribution < -0.4 is 0 Å². The van der Waals surface area contributed by atoms with Crippen molar-refractivity contribution in [3.63, 3.8) is 0 Å². The molecule has 2 rings (SSSR count). The number of hydrogen-bond acceptors (Lipinski definition) is 1. The lowest BCUT2D eigenvalue weighted by Gasteiger charge is -2.30. The minimum atomic E-state index is -0.218. The van der Waals surface area contributed by atoms with Gasteiger partial charge in [0.05, 0.1) is 8.65 Å². The van der Waals surface area contributed by atoms with Crippen molar-refractivity contribution in [2.45, 2.75) is 35.8 Å². The summed E-state index contributed by atoms with van der Waals surface area (Å²) in [5.74, 6) is 0.311. The third-order valence-corrected chi connectivity index (χ3v) is 5.68. The zero-order valence-electron chi connectivity index (χ0n) is 8.35. The van der Waals surface area contributed by atoms with Gasteiger partial charge in [0.25, 0.3) is 0 Å². The molecular weight excluding hydrogens is 310 g/mol. The van der Waals surface area contributed by atoms with Crippen LogP contribution in [-0.4, -0.2) is 27.1 Å². The number of alkyl halides is 2. The van der Waals surface area contributed by atoms with Gasteiger partial charge in [0.15, 0.2) is 0 Å². The molecule has 1 heterocycles. The fraction of sp³-hybridized carbons (Fsp3) is 0.900. The highest BCUT2D eigenvalue weighted by molar-refractivity contribution is 9.25. The van der Waals surface area contributed by atoms with Gasteiger partial charge in [-0.25, -0.2) is 0 Å². The zero-order valence-corrected chi connectivity index (χ0v) is 11.5. The Morgan fingerprint density at radius 1 is 1.21 bits per heavy atom. The van der Waals surface area contributed by atoms with Gasteiger partial charge in [-0.1, -0.05) is 31.9 Å². The summed E-state index contributed by atoms with van der Waals surface area (Å²) in [6.45, 7) is 3.93. The number of carbonyl (C=O) groups excluding carboxylic acids is 1. The predicted octanol–water partition coefficient (Wildman–Crippen LogP) is 2.90. The van der Waals surface area contributed by atoms with Gasteiger partial charge < -0.3 is 4.90 Å². The summed E-state index contributed by atoms with van der Waals surface area (Å²) >= 11 is 7.09. The molecule has 2 fully saturated rings. The van der Waals surface area contributed by atoms with Crippen LogP contribution in [-0.2, 0) is 4.79 Å². The quantitative estimate of drug-likeness (QED) is 0.679. The largest absolute Gasteiger partial charge is 0.342 e. The molecule has 1 saturated carbocycles. The van der Waals surface area contributed by atoms with Crippen LogP contribution in [0.4, 0.5) is 0 Å². The number of piperidine rings is 1. The van der Waals surface area contributed by atoms with Crippen molar-refractivity contribution in [2.24, 2.45) is 5.41 Å². The van der Waals surface area contributed by atoms with Crippen molar-refractivity contribution in [1.29, 1.82) is 0 Å². The summed E-state index contributed by atoms with van der Waals surface area (Å²) in [4.78, 5) is 14.2. The van der Waals surface area contributed by atoms with Crippen molar-refractivity contribution >= 4 is 37.8 Å². The Labute approximate surface area is 102 Å². The molecule has 14 heavy (non-hydrogen) atoms. The van der Waals surface area contributed by atoms with Crippen LogP contribution >= 0.6 is 31.9 Å². The van der Waals surface area contributed by atoms with E-state index in [1.165, 1.54) is 19.3 Å². The Bertz CT molecular complexity index is 261. The molecule has 0 aromatic carbocycles. The molecule has 4 heteroatoms. The summed E-state index contributed by atoms with van der Waals surface area (Å²) in [5.41, 5.74) is -0.218. The fourth-order valence-electron chi connectivity index (χ4n) is 2.08. The molecule has 0 N–H and O–H groups in total. The van der Waals surface area contributed by atoms with Gasteiger partial charge in [-0.05, 0) is 32.6 Å². The minimum Gasteiger partial charge on any atom is -0.342 e. The van der Waals surface area contributed by atoms with E-state index >= 15 is 0 Å². The summed E-state index contributed by atoms with van der Waals surface area (Å²) in [6, 6.07) is 0. The van der Waals surface area contributed by atoms with Gasteiger partial charge in [0, 0.05) is 13.1 Å². The number of amides is 1. The maximum absolute atomic E-state index is 12.2. The summed E-state index contributed by atoms with van der Waals surface area (Å²) < 4.78 is -0.137. The van der Waals surface area contributed by atoms with Crippen molar-refractivity contribution in [1.82, 2.24) is 4.90 Å². The van der Waals surface area contributed by atoms with Crippen LogP contribution in [0.1, 0.15) is 32.6 Å². The second-order valence-electron chi connectivity index (χ2n) is 4.57. The highest BCUT2D eigenvalue weighted by atomic mass is 79.9. The van der Waals surface area contributed by atoms with E-state index in [0.29, 0.717) is 5.91 Å². The molecule has 0 unspecified atom stereocenters. The van der Waals surface area contributed by atoms with E-state index in [1.807, 2.05) is 11.8 Å². The molecule has 80 valence electrons. The monoisotopic (exact) mass is 323 g/mol. The van der Waals surface area contributed by atoms with Crippen LogP contribution in [0.5, 0.6) is 0 Å². The molecule has 2 nitrogen and oxygen atoms in total. The topological polar surface area (TPSA) is 20.3 Å². The third-order valence-electron chi connectivity index (χ3n) is 3.37. The number of likely N-dealkylation sites (tertiary alicyclic amines) is 1. The van der Waals surface area contributed by atoms with E-state index in [4.69, 9.17) is 0 Å². The highest BCUT2D eigenvalue weighted by Gasteiger charge is 2.67. The second-order valence-corrected chi connectivity index (χ2v) is 8.34. The number of halogens is 2. The molecule has 1 aliphatic carbocycles. The smallest absolute Gasteiger partial charge is 0.230 e. The van der Waals surface area contributed by atoms with E-state index in [9.17, 15) is 4.79 Å². The lowest BCUT2D eigenvalue weighted by atomic mass is 10.1. The first kappa shape index (κ1) is 10.9. The fourth-order valence-corrected chi connectivity index (χ4v) is 3.54. The average Bonchev–Trinajstić information content (AvgIpc) is 2.68. The summed E-state index contributed by atoms with van der Waals surface area (Å²) in [5, 5.41) is 0. The molecule has 0 bridgehead atoms. The Morgan fingerprint density at radius 2 is 1.71 bits per heavy atom. The number of hydrogen-bond donors (Lipinski definition) is 0. The molecule has 0 aromatic heterocycles. The normalized spacial score (nSPS) is 35.5. The lowest BCUT2D eigenvalue weighted by molar-refractivity contribution is -0.137. The SMILES string of the molecule is C[C@@]1(C(=O)N2CCCCC2)CC1(Br)Br. The number of nitrogens with zero attached hydrogens (tertiary/aromatic N) is 1. The lowest BCUT2D eigenvalue weighted by Crippen LogP contribution is -2.41. The molecule has 1 amide bonds. The summed E-state index contributed by atoms with van der Waals surface area (Å²) in [7, 11) is 0. The van der Waals surface area contributed by atoms with Crippen molar-refractivity contribution in [3.8, 4) is 0 Å². The second kappa shape index (κ2) is 3.48. The van der Waals surface area contributed by atoms with Crippen LogP contribution in [0.15, 0.2) is 0 Å².